The van der Waals surface area contributed by atoms with Crippen LogP contribution >= 0.6 is 11.6 Å². The number of rotatable bonds is 6. The fraction of sp³-hybridized carbons (Fsp3) is 0.333. The van der Waals surface area contributed by atoms with Gasteiger partial charge in [0.05, 0.1) is 10.8 Å². The molecule has 0 saturated carbocycles. The van der Waals surface area contributed by atoms with Crippen molar-refractivity contribution in [3.05, 3.63) is 89.5 Å². The zero-order valence-corrected chi connectivity index (χ0v) is 17.7. The number of unbranched alkanes of at least 4 members (excludes halogenated alkanes) is 1. The van der Waals surface area contributed by atoms with Crippen molar-refractivity contribution in [1.29, 1.82) is 0 Å². The Morgan fingerprint density at radius 3 is 2.36 bits per heavy atom. The maximum atomic E-state index is 6.88. The van der Waals surface area contributed by atoms with Crippen molar-refractivity contribution in [3.63, 3.8) is 0 Å². The van der Waals surface area contributed by atoms with Crippen LogP contribution in [0.3, 0.4) is 0 Å². The van der Waals surface area contributed by atoms with Crippen LogP contribution in [0.15, 0.2) is 72.8 Å². The molecule has 3 rings (SSSR count). The molecule has 0 heterocycles. The quantitative estimate of drug-likeness (QED) is 0.356. The Morgan fingerprint density at radius 2 is 1.71 bits per heavy atom. The smallest absolute Gasteiger partial charge is 0.0726 e. The molecule has 2 aromatic carbocycles. The molecule has 1 aliphatic carbocycles. The Kier molecular flexibility index (Phi) is 7.18. The van der Waals surface area contributed by atoms with E-state index < -0.39 is 0 Å². The molecule has 2 aromatic rings. The second kappa shape index (κ2) is 9.81. The van der Waals surface area contributed by atoms with Crippen molar-refractivity contribution in [1.82, 2.24) is 0 Å². The Labute approximate surface area is 175 Å². The molecular formula is C27H29Cl. The van der Waals surface area contributed by atoms with Gasteiger partial charge in [-0.2, -0.15) is 0 Å². The molecule has 0 aromatic heterocycles. The topological polar surface area (TPSA) is 0 Å². The van der Waals surface area contributed by atoms with Crippen molar-refractivity contribution in [3.8, 4) is 11.8 Å². The summed E-state index contributed by atoms with van der Waals surface area (Å²) in [4.78, 5) is 0. The normalized spacial score (nSPS) is 21.0. The van der Waals surface area contributed by atoms with Crippen LogP contribution in [0, 0.1) is 17.3 Å². The predicted molar refractivity (Wildman–Crippen MR) is 122 cm³/mol. The van der Waals surface area contributed by atoms with Crippen molar-refractivity contribution < 1.29 is 0 Å². The number of aryl methyl sites for hydroxylation is 1. The first-order valence-electron chi connectivity index (χ1n) is 10.4. The summed E-state index contributed by atoms with van der Waals surface area (Å²) in [6.45, 7) is 4.42. The molecule has 0 aliphatic heterocycles. The van der Waals surface area contributed by atoms with Crippen molar-refractivity contribution >= 4 is 17.2 Å². The van der Waals surface area contributed by atoms with Crippen LogP contribution in [0.4, 0.5) is 0 Å². The number of alkyl halides is 1. The van der Waals surface area contributed by atoms with E-state index in [1.807, 2.05) is 6.07 Å². The average Bonchev–Trinajstić information content (AvgIpc) is 2.74. The Balaban J connectivity index is 1.82. The van der Waals surface area contributed by atoms with E-state index in [1.54, 1.807) is 0 Å². The second-order valence-electron chi connectivity index (χ2n) is 7.56. The van der Waals surface area contributed by atoms with Crippen LogP contribution in [-0.2, 0) is 6.42 Å². The van der Waals surface area contributed by atoms with Crippen LogP contribution < -0.4 is 0 Å². The van der Waals surface area contributed by atoms with Gasteiger partial charge >= 0.3 is 0 Å². The highest BCUT2D eigenvalue weighted by molar-refractivity contribution is 6.23. The molecule has 144 valence electrons. The van der Waals surface area contributed by atoms with E-state index in [4.69, 9.17) is 11.6 Å². The molecular weight excluding hydrogens is 360 g/mol. The Bertz CT molecular complexity index is 877. The van der Waals surface area contributed by atoms with Gasteiger partial charge in [-0.25, -0.2) is 0 Å². The number of halogens is 1. The molecule has 1 heteroatoms. The molecule has 0 bridgehead atoms. The summed E-state index contributed by atoms with van der Waals surface area (Å²) < 4.78 is 0. The first kappa shape index (κ1) is 20.5. The van der Waals surface area contributed by atoms with Gasteiger partial charge in [0.2, 0.25) is 0 Å². The van der Waals surface area contributed by atoms with E-state index in [1.165, 1.54) is 29.5 Å². The third kappa shape index (κ3) is 4.98. The third-order valence-electron chi connectivity index (χ3n) is 5.36. The van der Waals surface area contributed by atoms with Gasteiger partial charge in [-0.3, -0.25) is 0 Å². The minimum absolute atomic E-state index is 0.135. The molecule has 0 radical (unpaired) electrons. The van der Waals surface area contributed by atoms with Crippen LogP contribution in [-0.4, -0.2) is 5.38 Å². The molecule has 0 nitrogen and oxygen atoms in total. The summed E-state index contributed by atoms with van der Waals surface area (Å²) in [5.41, 5.74) is 4.51. The SMILES string of the molecule is CCCCc1ccc(C#CC2(CCC)C=CC(c3ccccc3)=CC2Cl)cc1. The summed E-state index contributed by atoms with van der Waals surface area (Å²) in [7, 11) is 0. The monoisotopic (exact) mass is 388 g/mol. The molecule has 2 atom stereocenters. The lowest BCUT2D eigenvalue weighted by molar-refractivity contribution is 0.472. The minimum Gasteiger partial charge on any atom is -0.116 e. The summed E-state index contributed by atoms with van der Waals surface area (Å²) in [6, 6.07) is 19.1. The van der Waals surface area contributed by atoms with Gasteiger partial charge in [-0.05, 0) is 48.1 Å². The number of hydrogen-bond donors (Lipinski definition) is 0. The number of hydrogen-bond acceptors (Lipinski definition) is 0. The van der Waals surface area contributed by atoms with Crippen LogP contribution in [0.1, 0.15) is 56.2 Å². The van der Waals surface area contributed by atoms with Gasteiger partial charge < -0.3 is 0 Å². The zero-order chi connectivity index (χ0) is 19.8. The van der Waals surface area contributed by atoms with E-state index in [2.05, 4.69) is 92.4 Å². The van der Waals surface area contributed by atoms with Gasteiger partial charge in [0.1, 0.15) is 0 Å². The van der Waals surface area contributed by atoms with E-state index in [9.17, 15) is 0 Å². The molecule has 0 amide bonds. The molecule has 0 spiro atoms. The molecule has 0 N–H and O–H groups in total. The molecule has 28 heavy (non-hydrogen) atoms. The largest absolute Gasteiger partial charge is 0.116 e. The number of benzene rings is 2. The summed E-state index contributed by atoms with van der Waals surface area (Å²) in [6.07, 6.45) is 12.2. The Hall–Kier alpha value is -2.23. The lowest BCUT2D eigenvalue weighted by Crippen LogP contribution is -2.28. The number of allylic oxidation sites excluding steroid dienone is 4. The van der Waals surface area contributed by atoms with Crippen molar-refractivity contribution in [2.75, 3.05) is 0 Å². The van der Waals surface area contributed by atoms with E-state index in [0.717, 1.165) is 24.8 Å². The molecule has 2 unspecified atom stereocenters. The fourth-order valence-corrected chi connectivity index (χ4v) is 4.02. The lowest BCUT2D eigenvalue weighted by atomic mass is 9.75. The zero-order valence-electron chi connectivity index (χ0n) is 16.9. The van der Waals surface area contributed by atoms with Gasteiger partial charge in [-0.1, -0.05) is 99.2 Å². The first-order valence-corrected chi connectivity index (χ1v) is 10.8. The highest BCUT2D eigenvalue weighted by atomic mass is 35.5. The van der Waals surface area contributed by atoms with Crippen LogP contribution in [0.2, 0.25) is 0 Å². The van der Waals surface area contributed by atoms with E-state index >= 15 is 0 Å². The van der Waals surface area contributed by atoms with Gasteiger partial charge in [-0.15, -0.1) is 11.6 Å². The Morgan fingerprint density at radius 1 is 0.964 bits per heavy atom. The minimum atomic E-state index is -0.310. The summed E-state index contributed by atoms with van der Waals surface area (Å²) in [5.74, 6) is 6.92. The van der Waals surface area contributed by atoms with E-state index in [-0.39, 0.29) is 10.8 Å². The molecule has 0 saturated heterocycles. The first-order chi connectivity index (χ1) is 13.7. The molecule has 0 fully saturated rings. The fourth-order valence-electron chi connectivity index (χ4n) is 3.65. The average molecular weight is 389 g/mol. The summed E-state index contributed by atoms with van der Waals surface area (Å²) in [5, 5.41) is -0.135. The van der Waals surface area contributed by atoms with Gasteiger partial charge in [0, 0.05) is 5.56 Å². The van der Waals surface area contributed by atoms with Gasteiger partial charge in [0.25, 0.3) is 0 Å². The maximum absolute atomic E-state index is 6.88. The van der Waals surface area contributed by atoms with Crippen LogP contribution in [0.5, 0.6) is 0 Å². The standard InChI is InChI=1S/C27H29Cl/c1-3-5-9-22-12-14-23(15-13-22)16-19-27(18-4-2)20-17-25(21-26(27)28)24-10-7-6-8-11-24/h6-8,10-15,17,20-21,26H,3-5,9,18H2,1-2H3. The highest BCUT2D eigenvalue weighted by Crippen LogP contribution is 2.40. The highest BCUT2D eigenvalue weighted by Gasteiger charge is 2.34. The summed E-state index contributed by atoms with van der Waals surface area (Å²) >= 11 is 6.88. The van der Waals surface area contributed by atoms with E-state index in [0.29, 0.717) is 0 Å². The second-order valence-corrected chi connectivity index (χ2v) is 8.03. The van der Waals surface area contributed by atoms with Crippen molar-refractivity contribution in [2.45, 2.75) is 51.3 Å². The molecule has 1 aliphatic rings. The van der Waals surface area contributed by atoms with Crippen molar-refractivity contribution in [2.24, 2.45) is 5.41 Å². The third-order valence-corrected chi connectivity index (χ3v) is 5.88. The van der Waals surface area contributed by atoms with Gasteiger partial charge in [0.15, 0.2) is 0 Å². The lowest BCUT2D eigenvalue weighted by Gasteiger charge is -2.31. The maximum Gasteiger partial charge on any atom is 0.0726 e. The van der Waals surface area contributed by atoms with Crippen LogP contribution in [0.25, 0.3) is 5.57 Å². The predicted octanol–water partition coefficient (Wildman–Crippen LogP) is 7.43.